The van der Waals surface area contributed by atoms with Gasteiger partial charge in [-0.3, -0.25) is 4.79 Å². The van der Waals surface area contributed by atoms with Crippen molar-refractivity contribution in [3.8, 4) is 5.75 Å². The van der Waals surface area contributed by atoms with Gasteiger partial charge in [-0.1, -0.05) is 36.8 Å². The van der Waals surface area contributed by atoms with Crippen LogP contribution in [0.1, 0.15) is 41.5 Å². The highest BCUT2D eigenvalue weighted by Crippen LogP contribution is 2.28. The first kappa shape index (κ1) is 20.9. The molecular weight excluding hydrogens is 366 g/mol. The van der Waals surface area contributed by atoms with E-state index in [1.54, 1.807) is 45.0 Å². The van der Waals surface area contributed by atoms with Gasteiger partial charge in [0, 0.05) is 5.92 Å². The van der Waals surface area contributed by atoms with Gasteiger partial charge in [-0.05, 0) is 56.0 Å². The lowest BCUT2D eigenvalue weighted by Crippen LogP contribution is -2.45. The van der Waals surface area contributed by atoms with E-state index in [9.17, 15) is 23.4 Å². The maximum Gasteiger partial charge on any atom is 0.322 e. The minimum absolute atomic E-state index is 0.0620. The molecule has 0 aromatic heterocycles. The van der Waals surface area contributed by atoms with Crippen LogP contribution in [-0.4, -0.2) is 30.6 Å². The van der Waals surface area contributed by atoms with Crippen LogP contribution in [-0.2, 0) is 14.8 Å². The van der Waals surface area contributed by atoms with Gasteiger partial charge in [-0.25, -0.2) is 8.42 Å². The number of hydrogen-bond donors (Lipinski definition) is 3. The summed E-state index contributed by atoms with van der Waals surface area (Å²) in [5, 5.41) is 19.2. The Morgan fingerprint density at radius 1 is 1.07 bits per heavy atom. The summed E-state index contributed by atoms with van der Waals surface area (Å²) in [7, 11) is -4.03. The van der Waals surface area contributed by atoms with E-state index in [2.05, 4.69) is 4.72 Å². The lowest BCUT2D eigenvalue weighted by Gasteiger charge is -2.25. The molecule has 0 fully saturated rings. The molecule has 0 amide bonds. The van der Waals surface area contributed by atoms with E-state index in [-0.39, 0.29) is 10.6 Å². The van der Waals surface area contributed by atoms with Crippen LogP contribution in [0.25, 0.3) is 0 Å². The first-order valence-corrected chi connectivity index (χ1v) is 10.2. The van der Waals surface area contributed by atoms with Crippen molar-refractivity contribution in [1.82, 2.24) is 4.72 Å². The number of aliphatic carboxylic acids is 1. The summed E-state index contributed by atoms with van der Waals surface area (Å²) in [6.07, 6.45) is 0.413. The van der Waals surface area contributed by atoms with Crippen molar-refractivity contribution in [3.63, 3.8) is 0 Å². The molecule has 2 atom stereocenters. The van der Waals surface area contributed by atoms with Gasteiger partial charge in [0.2, 0.25) is 10.0 Å². The predicted molar refractivity (Wildman–Crippen MR) is 104 cm³/mol. The molecule has 0 spiro atoms. The third kappa shape index (κ3) is 4.67. The largest absolute Gasteiger partial charge is 0.508 e. The number of aryl methyl sites for hydroxylation is 3. The highest BCUT2D eigenvalue weighted by atomic mass is 32.2. The topological polar surface area (TPSA) is 104 Å². The van der Waals surface area contributed by atoms with Crippen LogP contribution >= 0.6 is 0 Å². The number of nitrogens with one attached hydrogen (secondary N) is 1. The van der Waals surface area contributed by atoms with E-state index < -0.39 is 28.0 Å². The van der Waals surface area contributed by atoms with Gasteiger partial charge in [-0.2, -0.15) is 4.72 Å². The van der Waals surface area contributed by atoms with E-state index in [0.717, 1.165) is 5.56 Å². The van der Waals surface area contributed by atoms with E-state index in [4.69, 9.17) is 0 Å². The van der Waals surface area contributed by atoms with Crippen LogP contribution < -0.4 is 4.72 Å². The number of rotatable bonds is 7. The van der Waals surface area contributed by atoms with Gasteiger partial charge < -0.3 is 10.2 Å². The first-order chi connectivity index (χ1) is 12.6. The number of carbonyl (C=O) groups is 1. The van der Waals surface area contributed by atoms with Gasteiger partial charge in [0.15, 0.2) is 0 Å². The average molecular weight is 391 g/mol. The Morgan fingerprint density at radius 3 is 2.04 bits per heavy atom. The molecule has 0 aliphatic rings. The molecule has 0 saturated carbocycles. The van der Waals surface area contributed by atoms with Crippen LogP contribution in [0.4, 0.5) is 0 Å². The zero-order chi connectivity index (χ0) is 20.4. The van der Waals surface area contributed by atoms with Gasteiger partial charge in [0.25, 0.3) is 0 Å². The van der Waals surface area contributed by atoms with Crippen LogP contribution in [0.15, 0.2) is 41.3 Å². The molecule has 6 nitrogen and oxygen atoms in total. The smallest absolute Gasteiger partial charge is 0.322 e. The summed E-state index contributed by atoms with van der Waals surface area (Å²) < 4.78 is 28.4. The quantitative estimate of drug-likeness (QED) is 0.672. The lowest BCUT2D eigenvalue weighted by atomic mass is 9.89. The third-order valence-electron chi connectivity index (χ3n) is 4.59. The molecule has 2 aromatic rings. The summed E-state index contributed by atoms with van der Waals surface area (Å²) in [6.45, 7) is 7.06. The molecule has 0 heterocycles. The third-order valence-corrected chi connectivity index (χ3v) is 6.33. The molecular formula is C20H25NO5S. The number of phenolic OH excluding ortho intramolecular Hbond substituents is 1. The van der Waals surface area contributed by atoms with Crippen LogP contribution in [0.5, 0.6) is 5.75 Å². The molecule has 0 bridgehead atoms. The summed E-state index contributed by atoms with van der Waals surface area (Å²) in [5.74, 6) is -1.77. The zero-order valence-electron chi connectivity index (χ0n) is 15.9. The summed E-state index contributed by atoms with van der Waals surface area (Å²) in [5.41, 5.74) is 2.72. The number of sulfonamides is 1. The van der Waals surface area contributed by atoms with E-state index in [0.29, 0.717) is 23.1 Å². The molecule has 0 aliphatic heterocycles. The number of phenols is 1. The van der Waals surface area contributed by atoms with Crippen molar-refractivity contribution >= 4 is 16.0 Å². The molecule has 0 aliphatic carbocycles. The maximum atomic E-state index is 13.0. The highest BCUT2D eigenvalue weighted by Gasteiger charge is 2.34. The molecule has 7 heteroatoms. The minimum Gasteiger partial charge on any atom is -0.508 e. The highest BCUT2D eigenvalue weighted by molar-refractivity contribution is 7.89. The maximum absolute atomic E-state index is 13.0. The summed E-state index contributed by atoms with van der Waals surface area (Å²) in [4.78, 5) is 12.0. The standard InChI is InChI=1S/C20H25NO5S/c1-5-17(15-6-8-16(22)9-7-15)18(20(23)24)21-27(25,26)19-13(3)10-12(2)11-14(19)4/h6-11,17-18,21-22H,5H2,1-4H3,(H,23,24). The van der Waals surface area contributed by atoms with E-state index >= 15 is 0 Å². The second-order valence-electron chi connectivity index (χ2n) is 6.77. The van der Waals surface area contributed by atoms with Crippen molar-refractivity contribution in [3.05, 3.63) is 58.7 Å². The molecule has 0 radical (unpaired) electrons. The van der Waals surface area contributed by atoms with Crippen molar-refractivity contribution in [2.24, 2.45) is 0 Å². The molecule has 146 valence electrons. The number of carboxylic acid groups (broad SMARTS) is 1. The van der Waals surface area contributed by atoms with Gasteiger partial charge >= 0.3 is 5.97 Å². The van der Waals surface area contributed by atoms with Gasteiger partial charge in [0.05, 0.1) is 4.90 Å². The van der Waals surface area contributed by atoms with Crippen LogP contribution in [0, 0.1) is 20.8 Å². The van der Waals surface area contributed by atoms with Crippen molar-refractivity contribution in [2.75, 3.05) is 0 Å². The van der Waals surface area contributed by atoms with E-state index in [1.165, 1.54) is 12.1 Å². The number of carboxylic acids is 1. The molecule has 2 unspecified atom stereocenters. The lowest BCUT2D eigenvalue weighted by molar-refractivity contribution is -0.139. The SMILES string of the molecule is CCC(c1ccc(O)cc1)C(NS(=O)(=O)c1c(C)cc(C)cc1C)C(=O)O. The molecule has 2 rings (SSSR count). The monoisotopic (exact) mass is 391 g/mol. The Morgan fingerprint density at radius 2 is 1.59 bits per heavy atom. The summed E-state index contributed by atoms with van der Waals surface area (Å²) >= 11 is 0. The molecule has 0 saturated heterocycles. The van der Waals surface area contributed by atoms with Gasteiger partial charge in [0.1, 0.15) is 11.8 Å². The number of aromatic hydroxyl groups is 1. The fourth-order valence-electron chi connectivity index (χ4n) is 3.51. The Balaban J connectivity index is 2.45. The Kier molecular flexibility index (Phi) is 6.28. The first-order valence-electron chi connectivity index (χ1n) is 8.68. The number of benzene rings is 2. The fraction of sp³-hybridized carbons (Fsp3) is 0.350. The normalized spacial score (nSPS) is 13.9. The predicted octanol–water partition coefficient (Wildman–Crippen LogP) is 3.24. The van der Waals surface area contributed by atoms with Gasteiger partial charge in [-0.15, -0.1) is 0 Å². The minimum atomic E-state index is -4.03. The second kappa shape index (κ2) is 8.10. The zero-order valence-corrected chi connectivity index (χ0v) is 16.7. The molecule has 2 aromatic carbocycles. The van der Waals surface area contributed by atoms with Crippen LogP contribution in [0.3, 0.4) is 0 Å². The summed E-state index contributed by atoms with van der Waals surface area (Å²) in [6, 6.07) is 8.32. The van der Waals surface area contributed by atoms with Crippen molar-refractivity contribution in [1.29, 1.82) is 0 Å². The van der Waals surface area contributed by atoms with Crippen molar-refractivity contribution in [2.45, 2.75) is 51.0 Å². The Hall–Kier alpha value is -2.38. The van der Waals surface area contributed by atoms with Crippen molar-refractivity contribution < 1.29 is 23.4 Å². The van der Waals surface area contributed by atoms with Crippen LogP contribution in [0.2, 0.25) is 0 Å². The van der Waals surface area contributed by atoms with E-state index in [1.807, 2.05) is 6.92 Å². The Bertz CT molecular complexity index is 912. The number of hydrogen-bond acceptors (Lipinski definition) is 4. The molecule has 3 N–H and O–H groups in total. The Labute approximate surface area is 159 Å². The second-order valence-corrected chi connectivity index (χ2v) is 8.42. The fourth-order valence-corrected chi connectivity index (χ4v) is 5.19. The average Bonchev–Trinajstić information content (AvgIpc) is 2.54. The molecule has 27 heavy (non-hydrogen) atoms.